The highest BCUT2D eigenvalue weighted by Gasteiger charge is 2.14. The van der Waals surface area contributed by atoms with Crippen LogP contribution < -0.4 is 19.5 Å². The summed E-state index contributed by atoms with van der Waals surface area (Å²) in [6.07, 6.45) is 5.18. The minimum atomic E-state index is 0.511. The van der Waals surface area contributed by atoms with E-state index in [9.17, 15) is 0 Å². The third-order valence-corrected chi connectivity index (χ3v) is 2.33. The molecule has 17 heavy (non-hydrogen) atoms. The van der Waals surface area contributed by atoms with Crippen molar-refractivity contribution < 1.29 is 14.2 Å². The molecular formula is C13H17NO3. The Morgan fingerprint density at radius 3 is 2.35 bits per heavy atom. The summed E-state index contributed by atoms with van der Waals surface area (Å²) in [5, 5.41) is 3.10. The molecule has 0 unspecified atom stereocenters. The Hall–Kier alpha value is -1.86. The molecule has 0 aliphatic carbocycles. The molecule has 0 amide bonds. The number of ether oxygens (including phenoxy) is 3. The summed E-state index contributed by atoms with van der Waals surface area (Å²) in [6.45, 7) is 1.13. The monoisotopic (exact) mass is 235 g/mol. The van der Waals surface area contributed by atoms with Gasteiger partial charge in [-0.25, -0.2) is 0 Å². The molecule has 0 bridgehead atoms. The first kappa shape index (κ1) is 13.2. The summed E-state index contributed by atoms with van der Waals surface area (Å²) in [5.74, 6) is 4.42. The molecule has 1 aromatic carbocycles. The van der Waals surface area contributed by atoms with Gasteiger partial charge in [0.15, 0.2) is 11.5 Å². The Morgan fingerprint density at radius 1 is 1.12 bits per heavy atom. The molecule has 0 heterocycles. The zero-order chi connectivity index (χ0) is 12.7. The van der Waals surface area contributed by atoms with Gasteiger partial charge in [0.1, 0.15) is 0 Å². The summed E-state index contributed by atoms with van der Waals surface area (Å²) in [7, 11) is 4.77. The maximum atomic E-state index is 5.34. The maximum absolute atomic E-state index is 5.34. The second-order valence-corrected chi connectivity index (χ2v) is 3.30. The Morgan fingerprint density at radius 2 is 1.82 bits per heavy atom. The van der Waals surface area contributed by atoms with E-state index >= 15 is 0 Å². The van der Waals surface area contributed by atoms with Crippen LogP contribution in [0.5, 0.6) is 17.2 Å². The van der Waals surface area contributed by atoms with Gasteiger partial charge in [0.2, 0.25) is 5.75 Å². The Labute approximate surface area is 102 Å². The average molecular weight is 235 g/mol. The van der Waals surface area contributed by atoms with Crippen LogP contribution in [-0.2, 0) is 6.54 Å². The van der Waals surface area contributed by atoms with Crippen LogP contribution in [0.15, 0.2) is 12.1 Å². The predicted octanol–water partition coefficient (Wildman–Crippen LogP) is 1.44. The van der Waals surface area contributed by atoms with Gasteiger partial charge in [-0.15, -0.1) is 6.42 Å². The first-order valence-electron chi connectivity index (χ1n) is 5.20. The maximum Gasteiger partial charge on any atom is 0.203 e. The topological polar surface area (TPSA) is 39.7 Å². The van der Waals surface area contributed by atoms with Gasteiger partial charge in [0, 0.05) is 12.1 Å². The molecule has 92 valence electrons. The van der Waals surface area contributed by atoms with Gasteiger partial charge in [0.05, 0.1) is 27.9 Å². The second-order valence-electron chi connectivity index (χ2n) is 3.30. The predicted molar refractivity (Wildman–Crippen MR) is 66.6 cm³/mol. The highest BCUT2D eigenvalue weighted by atomic mass is 16.5. The van der Waals surface area contributed by atoms with E-state index in [1.807, 2.05) is 12.1 Å². The fourth-order valence-electron chi connectivity index (χ4n) is 1.57. The third-order valence-electron chi connectivity index (χ3n) is 2.33. The second kappa shape index (κ2) is 6.66. The molecule has 4 heteroatoms. The number of methoxy groups -OCH3 is 3. The minimum absolute atomic E-state index is 0.511. The number of hydrogen-bond donors (Lipinski definition) is 1. The van der Waals surface area contributed by atoms with Crippen LogP contribution >= 0.6 is 0 Å². The molecule has 1 rings (SSSR count). The number of terminal acetylenes is 1. The van der Waals surface area contributed by atoms with E-state index in [4.69, 9.17) is 20.6 Å². The zero-order valence-corrected chi connectivity index (χ0v) is 10.4. The molecule has 0 aromatic heterocycles. The summed E-state index contributed by atoms with van der Waals surface area (Å²) in [4.78, 5) is 0. The van der Waals surface area contributed by atoms with Crippen molar-refractivity contribution >= 4 is 0 Å². The van der Waals surface area contributed by atoms with E-state index in [2.05, 4.69) is 11.2 Å². The van der Waals surface area contributed by atoms with Crippen molar-refractivity contribution in [1.82, 2.24) is 5.32 Å². The van der Waals surface area contributed by atoms with Gasteiger partial charge in [0.25, 0.3) is 0 Å². The smallest absolute Gasteiger partial charge is 0.203 e. The number of benzene rings is 1. The Kier molecular flexibility index (Phi) is 5.18. The minimum Gasteiger partial charge on any atom is -0.493 e. The standard InChI is InChI=1S/C13H17NO3/c1-5-8-14-9-10-6-7-11(15-2)13(17-4)12(10)16-3/h1,6-7,14H,8-9H2,2-4H3. The first-order valence-corrected chi connectivity index (χ1v) is 5.20. The van der Waals surface area contributed by atoms with Crippen LogP contribution in [0.4, 0.5) is 0 Å². The largest absolute Gasteiger partial charge is 0.493 e. The SMILES string of the molecule is C#CCNCc1ccc(OC)c(OC)c1OC. The molecule has 1 N–H and O–H groups in total. The average Bonchev–Trinajstić information content (AvgIpc) is 2.38. The molecule has 0 aliphatic rings. The van der Waals surface area contributed by atoms with Crippen LogP contribution in [-0.4, -0.2) is 27.9 Å². The van der Waals surface area contributed by atoms with E-state index in [0.29, 0.717) is 30.3 Å². The number of rotatable bonds is 6. The molecule has 0 spiro atoms. The lowest BCUT2D eigenvalue weighted by Crippen LogP contribution is -2.14. The summed E-state index contributed by atoms with van der Waals surface area (Å²) in [6, 6.07) is 3.76. The molecule has 0 saturated carbocycles. The van der Waals surface area contributed by atoms with Gasteiger partial charge < -0.3 is 19.5 Å². The molecule has 0 fully saturated rings. The first-order chi connectivity index (χ1) is 8.28. The van der Waals surface area contributed by atoms with E-state index in [1.54, 1.807) is 21.3 Å². The van der Waals surface area contributed by atoms with E-state index < -0.39 is 0 Å². The molecule has 0 aliphatic heterocycles. The number of nitrogens with one attached hydrogen (secondary N) is 1. The van der Waals surface area contributed by atoms with Gasteiger partial charge in [-0.05, 0) is 6.07 Å². The molecule has 1 aromatic rings. The highest BCUT2D eigenvalue weighted by Crippen LogP contribution is 2.39. The van der Waals surface area contributed by atoms with E-state index in [-0.39, 0.29) is 0 Å². The lowest BCUT2D eigenvalue weighted by atomic mass is 10.1. The molecular weight excluding hydrogens is 218 g/mol. The van der Waals surface area contributed by atoms with Gasteiger partial charge in [-0.2, -0.15) is 0 Å². The lowest BCUT2D eigenvalue weighted by Gasteiger charge is -2.15. The van der Waals surface area contributed by atoms with Crippen molar-refractivity contribution in [2.45, 2.75) is 6.54 Å². The molecule has 4 nitrogen and oxygen atoms in total. The molecule has 0 atom stereocenters. The third kappa shape index (κ3) is 3.05. The van der Waals surface area contributed by atoms with Crippen LogP contribution in [0.3, 0.4) is 0 Å². The van der Waals surface area contributed by atoms with Gasteiger partial charge >= 0.3 is 0 Å². The summed E-state index contributed by atoms with van der Waals surface area (Å²) < 4.78 is 15.8. The fraction of sp³-hybridized carbons (Fsp3) is 0.385. The van der Waals surface area contributed by atoms with Gasteiger partial charge in [-0.1, -0.05) is 12.0 Å². The van der Waals surface area contributed by atoms with Crippen LogP contribution in [0.2, 0.25) is 0 Å². The van der Waals surface area contributed by atoms with E-state index in [0.717, 1.165) is 5.56 Å². The van der Waals surface area contributed by atoms with Gasteiger partial charge in [-0.3, -0.25) is 0 Å². The quantitative estimate of drug-likeness (QED) is 0.598. The molecule has 0 saturated heterocycles. The van der Waals surface area contributed by atoms with Crippen molar-refractivity contribution in [2.24, 2.45) is 0 Å². The van der Waals surface area contributed by atoms with E-state index in [1.165, 1.54) is 0 Å². The lowest BCUT2D eigenvalue weighted by molar-refractivity contribution is 0.321. The van der Waals surface area contributed by atoms with Crippen LogP contribution in [0, 0.1) is 12.3 Å². The Bertz CT molecular complexity index is 410. The van der Waals surface area contributed by atoms with Crippen LogP contribution in [0.25, 0.3) is 0 Å². The summed E-state index contributed by atoms with van der Waals surface area (Å²) >= 11 is 0. The van der Waals surface area contributed by atoms with Crippen LogP contribution in [0.1, 0.15) is 5.56 Å². The fourth-order valence-corrected chi connectivity index (χ4v) is 1.57. The Balaban J connectivity index is 3.02. The number of hydrogen-bond acceptors (Lipinski definition) is 4. The summed E-state index contributed by atoms with van der Waals surface area (Å²) in [5.41, 5.74) is 0.973. The van der Waals surface area contributed by atoms with Crippen molar-refractivity contribution in [3.8, 4) is 29.6 Å². The van der Waals surface area contributed by atoms with Crippen molar-refractivity contribution in [3.63, 3.8) is 0 Å². The molecule has 0 radical (unpaired) electrons. The van der Waals surface area contributed by atoms with Crippen molar-refractivity contribution in [2.75, 3.05) is 27.9 Å². The zero-order valence-electron chi connectivity index (χ0n) is 10.4. The highest BCUT2D eigenvalue weighted by molar-refractivity contribution is 5.55. The van der Waals surface area contributed by atoms with Crippen molar-refractivity contribution in [3.05, 3.63) is 17.7 Å². The van der Waals surface area contributed by atoms with Crippen molar-refractivity contribution in [1.29, 1.82) is 0 Å². The normalized spacial score (nSPS) is 9.53.